The third-order valence-corrected chi connectivity index (χ3v) is 9.14. The fourth-order valence-electron chi connectivity index (χ4n) is 5.23. The van der Waals surface area contributed by atoms with Crippen molar-refractivity contribution in [1.82, 2.24) is 0 Å². The molecule has 8 nitrogen and oxygen atoms in total. The predicted molar refractivity (Wildman–Crippen MR) is 142 cm³/mol. The van der Waals surface area contributed by atoms with Gasteiger partial charge >= 0.3 is 12.0 Å². The van der Waals surface area contributed by atoms with Crippen LogP contribution in [0.3, 0.4) is 0 Å². The maximum atomic E-state index is 14.2. The minimum atomic E-state index is -3.10. The van der Waals surface area contributed by atoms with Crippen LogP contribution in [-0.2, 0) is 20.0 Å². The number of carbonyl (C=O) groups excluding carboxylic acids is 1. The first-order valence-electron chi connectivity index (χ1n) is 12.8. The van der Waals surface area contributed by atoms with Crippen LogP contribution in [0.1, 0.15) is 51.5 Å². The van der Waals surface area contributed by atoms with Crippen LogP contribution in [0, 0.1) is 17.6 Å². The van der Waals surface area contributed by atoms with Crippen LogP contribution in [0.5, 0.6) is 0 Å². The fourth-order valence-corrected chi connectivity index (χ4v) is 6.70. The minimum Gasteiger partial charge on any atom is -0.481 e. The van der Waals surface area contributed by atoms with Crippen molar-refractivity contribution >= 4 is 38.9 Å². The Morgan fingerprint density at radius 2 is 1.71 bits per heavy atom. The Balaban J connectivity index is 1.71. The SMILES string of the molecule is CC(C)CN(c1ccc(C2(C(=O)O)CCC2)cc1NC(=O)Nc1ccc(F)cc1F)C1CCS(=O)(=O)CC1. The molecule has 4 rings (SSSR count). The Morgan fingerprint density at radius 1 is 1.05 bits per heavy atom. The van der Waals surface area contributed by atoms with E-state index < -0.39 is 38.9 Å². The summed E-state index contributed by atoms with van der Waals surface area (Å²) in [5, 5.41) is 15.1. The summed E-state index contributed by atoms with van der Waals surface area (Å²) >= 11 is 0. The number of benzene rings is 2. The first kappa shape index (κ1) is 27.8. The number of carboxylic acid groups (broad SMARTS) is 1. The van der Waals surface area contributed by atoms with E-state index in [1.807, 2.05) is 13.8 Å². The molecule has 2 fully saturated rings. The number of rotatable bonds is 8. The van der Waals surface area contributed by atoms with Gasteiger partial charge in [0.05, 0.1) is 34.0 Å². The highest BCUT2D eigenvalue weighted by Crippen LogP contribution is 2.46. The maximum Gasteiger partial charge on any atom is 0.323 e. The Labute approximate surface area is 221 Å². The zero-order chi connectivity index (χ0) is 27.7. The van der Waals surface area contributed by atoms with E-state index in [1.165, 1.54) is 0 Å². The molecule has 2 amide bonds. The molecule has 2 aromatic carbocycles. The number of urea groups is 1. The molecule has 11 heteroatoms. The summed E-state index contributed by atoms with van der Waals surface area (Å²) in [5.41, 5.74) is 0.264. The van der Waals surface area contributed by atoms with Crippen molar-refractivity contribution in [3.05, 3.63) is 53.6 Å². The third-order valence-electron chi connectivity index (χ3n) is 7.43. The smallest absolute Gasteiger partial charge is 0.323 e. The van der Waals surface area contributed by atoms with Crippen molar-refractivity contribution < 1.29 is 31.9 Å². The number of carbonyl (C=O) groups is 2. The van der Waals surface area contributed by atoms with Crippen LogP contribution in [0.15, 0.2) is 36.4 Å². The second kappa shape index (κ2) is 10.9. The summed E-state index contributed by atoms with van der Waals surface area (Å²) in [6.45, 7) is 4.65. The lowest BCUT2D eigenvalue weighted by Gasteiger charge is -2.40. The van der Waals surface area contributed by atoms with Gasteiger partial charge in [-0.25, -0.2) is 22.0 Å². The molecule has 1 aliphatic carbocycles. The van der Waals surface area contributed by atoms with Crippen LogP contribution in [0.2, 0.25) is 0 Å². The number of nitrogens with zero attached hydrogens (tertiary/aromatic N) is 1. The Hall–Kier alpha value is -3.21. The molecule has 2 aromatic rings. The van der Waals surface area contributed by atoms with Crippen LogP contribution in [-0.4, -0.2) is 49.6 Å². The lowest BCUT2D eigenvalue weighted by molar-refractivity contribution is -0.147. The Bertz CT molecular complexity index is 1310. The normalized spacial score (nSPS) is 18.4. The molecule has 1 heterocycles. The van der Waals surface area contributed by atoms with E-state index in [9.17, 15) is 31.9 Å². The summed E-state index contributed by atoms with van der Waals surface area (Å²) in [7, 11) is -3.10. The second-order valence-electron chi connectivity index (χ2n) is 10.6. The molecule has 0 bridgehead atoms. The van der Waals surface area contributed by atoms with Gasteiger partial charge in [-0.15, -0.1) is 0 Å². The Kier molecular flexibility index (Phi) is 7.96. The fraction of sp³-hybridized carbons (Fsp3) is 0.481. The molecule has 0 spiro atoms. The topological polar surface area (TPSA) is 116 Å². The zero-order valence-corrected chi connectivity index (χ0v) is 22.3. The highest BCUT2D eigenvalue weighted by Gasteiger charge is 2.46. The molecule has 3 N–H and O–H groups in total. The van der Waals surface area contributed by atoms with E-state index in [0.717, 1.165) is 18.6 Å². The standard InChI is InChI=1S/C27H33F2N3O5S/c1-17(2)16-32(20-8-12-38(36,37)13-9-20)24-7-4-18(27(25(33)34)10-3-11-27)14-23(24)31-26(35)30-22-6-5-19(28)15-21(22)29/h4-7,14-15,17,20H,3,8-13,16H2,1-2H3,(H,33,34)(H2,30,31,35). The number of amides is 2. The monoisotopic (exact) mass is 549 g/mol. The molecule has 38 heavy (non-hydrogen) atoms. The van der Waals surface area contributed by atoms with Crippen LogP contribution in [0.25, 0.3) is 0 Å². The number of sulfone groups is 1. The van der Waals surface area contributed by atoms with Gasteiger partial charge in [-0.3, -0.25) is 4.79 Å². The maximum absolute atomic E-state index is 14.2. The molecular formula is C27H33F2N3O5S. The molecule has 2 aliphatic rings. The van der Waals surface area contributed by atoms with E-state index in [4.69, 9.17) is 0 Å². The number of halogens is 2. The first-order chi connectivity index (χ1) is 17.9. The van der Waals surface area contributed by atoms with Gasteiger partial charge in [-0.05, 0) is 61.4 Å². The molecular weight excluding hydrogens is 516 g/mol. The Morgan fingerprint density at radius 3 is 2.26 bits per heavy atom. The van der Waals surface area contributed by atoms with Gasteiger partial charge in [-0.2, -0.15) is 0 Å². The summed E-state index contributed by atoms with van der Waals surface area (Å²) in [5.74, 6) is -2.30. The predicted octanol–water partition coefficient (Wildman–Crippen LogP) is 5.15. The van der Waals surface area contributed by atoms with Gasteiger partial charge in [0.2, 0.25) is 0 Å². The van der Waals surface area contributed by atoms with Crippen LogP contribution >= 0.6 is 0 Å². The third kappa shape index (κ3) is 5.92. The number of carboxylic acids is 1. The average Bonchev–Trinajstić information content (AvgIpc) is 2.79. The van der Waals surface area contributed by atoms with Gasteiger partial charge in [0.25, 0.3) is 0 Å². The van der Waals surface area contributed by atoms with E-state index in [2.05, 4.69) is 15.5 Å². The van der Waals surface area contributed by atoms with E-state index in [0.29, 0.717) is 55.2 Å². The van der Waals surface area contributed by atoms with Crippen molar-refractivity contribution in [1.29, 1.82) is 0 Å². The van der Waals surface area contributed by atoms with Gasteiger partial charge in [-0.1, -0.05) is 26.3 Å². The molecule has 0 radical (unpaired) electrons. The van der Waals surface area contributed by atoms with Crippen molar-refractivity contribution in [3.63, 3.8) is 0 Å². The van der Waals surface area contributed by atoms with Crippen LogP contribution < -0.4 is 15.5 Å². The molecule has 0 atom stereocenters. The lowest BCUT2D eigenvalue weighted by atomic mass is 9.64. The molecule has 1 aliphatic heterocycles. The van der Waals surface area contributed by atoms with E-state index in [1.54, 1.807) is 18.2 Å². The highest BCUT2D eigenvalue weighted by atomic mass is 32.2. The second-order valence-corrected chi connectivity index (χ2v) is 12.9. The van der Waals surface area contributed by atoms with Gasteiger partial charge in [0, 0.05) is 18.7 Å². The first-order valence-corrected chi connectivity index (χ1v) is 14.6. The average molecular weight is 550 g/mol. The molecule has 206 valence electrons. The van der Waals surface area contributed by atoms with E-state index in [-0.39, 0.29) is 29.2 Å². The quantitative estimate of drug-likeness (QED) is 0.419. The summed E-state index contributed by atoms with van der Waals surface area (Å²) in [6.07, 6.45) is 2.59. The van der Waals surface area contributed by atoms with Crippen molar-refractivity contribution in [2.24, 2.45) is 5.92 Å². The van der Waals surface area contributed by atoms with Crippen molar-refractivity contribution in [3.8, 4) is 0 Å². The van der Waals surface area contributed by atoms with Gasteiger partial charge in [0.1, 0.15) is 21.5 Å². The van der Waals surface area contributed by atoms with E-state index >= 15 is 0 Å². The number of nitrogens with one attached hydrogen (secondary N) is 2. The number of hydrogen-bond acceptors (Lipinski definition) is 5. The highest BCUT2D eigenvalue weighted by molar-refractivity contribution is 7.91. The largest absolute Gasteiger partial charge is 0.481 e. The zero-order valence-electron chi connectivity index (χ0n) is 21.5. The molecule has 0 aromatic heterocycles. The van der Waals surface area contributed by atoms with Crippen molar-refractivity contribution in [2.45, 2.75) is 57.4 Å². The number of hydrogen-bond donors (Lipinski definition) is 3. The number of anilines is 3. The lowest BCUT2D eigenvalue weighted by Crippen LogP contribution is -2.44. The molecule has 1 saturated heterocycles. The molecule has 1 saturated carbocycles. The summed E-state index contributed by atoms with van der Waals surface area (Å²) in [6, 6.07) is 7.12. The number of aliphatic carboxylic acids is 1. The van der Waals surface area contributed by atoms with Crippen molar-refractivity contribution in [2.75, 3.05) is 33.6 Å². The molecule has 0 unspecified atom stereocenters. The minimum absolute atomic E-state index is 0.0690. The summed E-state index contributed by atoms with van der Waals surface area (Å²) < 4.78 is 51.6. The van der Waals surface area contributed by atoms with Crippen LogP contribution in [0.4, 0.5) is 30.6 Å². The van der Waals surface area contributed by atoms with Gasteiger partial charge in [0.15, 0.2) is 0 Å². The summed E-state index contributed by atoms with van der Waals surface area (Å²) in [4.78, 5) is 27.2. The van der Waals surface area contributed by atoms with Gasteiger partial charge < -0.3 is 20.6 Å².